The standard InChI is InChI=1S/C8H12NO2/c1-9-7(5-10)3-2-4-8(9)6-11/h2-4,10-11H,5-6H2,1H3/q+1. The number of hydrogen-bond acceptors (Lipinski definition) is 2. The van der Waals surface area contributed by atoms with Crippen molar-refractivity contribution < 1.29 is 14.8 Å². The Bertz CT molecular complexity index is 226. The lowest BCUT2D eigenvalue weighted by Crippen LogP contribution is -2.38. The summed E-state index contributed by atoms with van der Waals surface area (Å²) in [7, 11) is 1.82. The van der Waals surface area contributed by atoms with E-state index < -0.39 is 0 Å². The summed E-state index contributed by atoms with van der Waals surface area (Å²) in [5.41, 5.74) is 1.60. The molecule has 11 heavy (non-hydrogen) atoms. The van der Waals surface area contributed by atoms with Crippen molar-refractivity contribution in [3.8, 4) is 0 Å². The lowest BCUT2D eigenvalue weighted by Gasteiger charge is -1.99. The molecule has 3 nitrogen and oxygen atoms in total. The van der Waals surface area contributed by atoms with Gasteiger partial charge in [-0.25, -0.2) is 0 Å². The number of rotatable bonds is 2. The Morgan fingerprint density at radius 2 is 1.64 bits per heavy atom. The van der Waals surface area contributed by atoms with Crippen molar-refractivity contribution in [1.82, 2.24) is 0 Å². The quantitative estimate of drug-likeness (QED) is 0.564. The molecule has 60 valence electrons. The summed E-state index contributed by atoms with van der Waals surface area (Å²) >= 11 is 0. The number of pyridine rings is 1. The van der Waals surface area contributed by atoms with Gasteiger partial charge in [0.2, 0.25) is 11.4 Å². The van der Waals surface area contributed by atoms with Gasteiger partial charge in [0, 0.05) is 12.1 Å². The topological polar surface area (TPSA) is 44.3 Å². The zero-order valence-corrected chi connectivity index (χ0v) is 6.49. The third-order valence-electron chi connectivity index (χ3n) is 1.76. The molecule has 0 saturated carbocycles. The molecule has 0 radical (unpaired) electrons. The van der Waals surface area contributed by atoms with Crippen LogP contribution >= 0.6 is 0 Å². The molecule has 2 N–H and O–H groups in total. The third-order valence-corrected chi connectivity index (χ3v) is 1.76. The highest BCUT2D eigenvalue weighted by Crippen LogP contribution is 1.95. The van der Waals surface area contributed by atoms with E-state index in [0.29, 0.717) is 0 Å². The second kappa shape index (κ2) is 3.46. The number of aliphatic hydroxyl groups excluding tert-OH is 2. The van der Waals surface area contributed by atoms with Crippen molar-refractivity contribution in [2.24, 2.45) is 7.05 Å². The molecule has 0 atom stereocenters. The molecular formula is C8H12NO2+. The van der Waals surface area contributed by atoms with Gasteiger partial charge in [-0.2, -0.15) is 4.57 Å². The molecule has 0 bridgehead atoms. The normalized spacial score (nSPS) is 10.1. The second-order valence-electron chi connectivity index (χ2n) is 2.38. The van der Waals surface area contributed by atoms with E-state index >= 15 is 0 Å². The fraction of sp³-hybridized carbons (Fsp3) is 0.375. The first-order chi connectivity index (χ1) is 5.29. The van der Waals surface area contributed by atoms with Crippen LogP contribution in [0.1, 0.15) is 11.4 Å². The van der Waals surface area contributed by atoms with Crippen molar-refractivity contribution in [2.75, 3.05) is 0 Å². The Labute approximate surface area is 65.5 Å². The average molecular weight is 154 g/mol. The summed E-state index contributed by atoms with van der Waals surface area (Å²) in [5, 5.41) is 17.7. The Morgan fingerprint density at radius 1 is 1.18 bits per heavy atom. The number of nitrogens with zero attached hydrogens (tertiary/aromatic N) is 1. The van der Waals surface area contributed by atoms with Crippen molar-refractivity contribution in [3.05, 3.63) is 29.6 Å². The fourth-order valence-electron chi connectivity index (χ4n) is 0.996. The lowest BCUT2D eigenvalue weighted by molar-refractivity contribution is -0.690. The van der Waals surface area contributed by atoms with Gasteiger partial charge in [0.1, 0.15) is 20.3 Å². The SMILES string of the molecule is C[n+]1c(CO)cccc1CO. The van der Waals surface area contributed by atoms with Crippen LogP contribution in [0.4, 0.5) is 0 Å². The van der Waals surface area contributed by atoms with Gasteiger partial charge in [-0.05, 0) is 6.07 Å². The molecule has 0 aliphatic carbocycles. The Hall–Kier alpha value is -0.930. The number of hydrogen-bond donors (Lipinski definition) is 2. The van der Waals surface area contributed by atoms with Gasteiger partial charge in [-0.3, -0.25) is 0 Å². The first-order valence-electron chi connectivity index (χ1n) is 3.48. The molecule has 3 heteroatoms. The zero-order valence-electron chi connectivity index (χ0n) is 6.49. The van der Waals surface area contributed by atoms with Gasteiger partial charge < -0.3 is 10.2 Å². The summed E-state index contributed by atoms with van der Waals surface area (Å²) in [6.45, 7) is 0.00861. The minimum Gasteiger partial charge on any atom is -0.385 e. The average Bonchev–Trinajstić information content (AvgIpc) is 2.05. The summed E-state index contributed by atoms with van der Waals surface area (Å²) in [6.07, 6.45) is 0. The van der Waals surface area contributed by atoms with Crippen molar-refractivity contribution in [3.63, 3.8) is 0 Å². The van der Waals surface area contributed by atoms with E-state index in [1.807, 2.05) is 25.2 Å². The molecule has 0 amide bonds. The molecule has 0 saturated heterocycles. The van der Waals surface area contributed by atoms with Crippen molar-refractivity contribution in [2.45, 2.75) is 13.2 Å². The van der Waals surface area contributed by atoms with Crippen molar-refractivity contribution >= 4 is 0 Å². The van der Waals surface area contributed by atoms with E-state index in [9.17, 15) is 0 Å². The second-order valence-corrected chi connectivity index (χ2v) is 2.38. The molecule has 0 spiro atoms. The van der Waals surface area contributed by atoms with Gasteiger partial charge in [-0.1, -0.05) is 0 Å². The summed E-state index contributed by atoms with van der Waals surface area (Å²) < 4.78 is 1.78. The fourth-order valence-corrected chi connectivity index (χ4v) is 0.996. The summed E-state index contributed by atoms with van der Waals surface area (Å²) in [5.74, 6) is 0. The predicted molar refractivity (Wildman–Crippen MR) is 39.5 cm³/mol. The maximum atomic E-state index is 8.84. The lowest BCUT2D eigenvalue weighted by atomic mass is 10.3. The summed E-state index contributed by atoms with van der Waals surface area (Å²) in [4.78, 5) is 0. The van der Waals surface area contributed by atoms with E-state index in [-0.39, 0.29) is 13.2 Å². The van der Waals surface area contributed by atoms with Crippen LogP contribution in [-0.4, -0.2) is 10.2 Å². The van der Waals surface area contributed by atoms with Crippen LogP contribution in [-0.2, 0) is 20.3 Å². The van der Waals surface area contributed by atoms with Crippen LogP contribution in [0.25, 0.3) is 0 Å². The molecule has 0 aliphatic rings. The highest BCUT2D eigenvalue weighted by Gasteiger charge is 2.08. The largest absolute Gasteiger partial charge is 0.385 e. The van der Waals surface area contributed by atoms with E-state index in [0.717, 1.165) is 11.4 Å². The predicted octanol–water partition coefficient (Wildman–Crippen LogP) is -0.504. The molecule has 1 rings (SSSR count). The molecule has 1 aromatic rings. The Morgan fingerprint density at radius 3 is 2.00 bits per heavy atom. The Balaban J connectivity index is 3.10. The first kappa shape index (κ1) is 8.17. The van der Waals surface area contributed by atoms with Crippen LogP contribution in [0, 0.1) is 0 Å². The van der Waals surface area contributed by atoms with Crippen LogP contribution in [0.3, 0.4) is 0 Å². The van der Waals surface area contributed by atoms with Crippen LogP contribution in [0.5, 0.6) is 0 Å². The van der Waals surface area contributed by atoms with Gasteiger partial charge in [0.15, 0.2) is 0 Å². The van der Waals surface area contributed by atoms with Crippen LogP contribution < -0.4 is 4.57 Å². The molecule has 1 heterocycles. The summed E-state index contributed by atoms with van der Waals surface area (Å²) in [6, 6.07) is 5.45. The third kappa shape index (κ3) is 1.56. The maximum Gasteiger partial charge on any atom is 0.207 e. The molecular weight excluding hydrogens is 142 g/mol. The van der Waals surface area contributed by atoms with Gasteiger partial charge >= 0.3 is 0 Å². The minimum atomic E-state index is 0.00431. The molecule has 0 unspecified atom stereocenters. The Kier molecular flexibility index (Phi) is 2.57. The highest BCUT2D eigenvalue weighted by molar-refractivity contribution is 5.02. The molecule has 0 fully saturated rings. The minimum absolute atomic E-state index is 0.00431. The van der Waals surface area contributed by atoms with Crippen LogP contribution in [0.15, 0.2) is 18.2 Å². The molecule has 1 aromatic heterocycles. The van der Waals surface area contributed by atoms with Gasteiger partial charge in [0.05, 0.1) is 0 Å². The van der Waals surface area contributed by atoms with E-state index in [2.05, 4.69) is 0 Å². The van der Waals surface area contributed by atoms with E-state index in [1.165, 1.54) is 0 Å². The van der Waals surface area contributed by atoms with Gasteiger partial charge in [0.25, 0.3) is 0 Å². The van der Waals surface area contributed by atoms with Crippen LogP contribution in [0.2, 0.25) is 0 Å². The first-order valence-corrected chi connectivity index (χ1v) is 3.48. The van der Waals surface area contributed by atoms with Gasteiger partial charge in [-0.15, -0.1) is 0 Å². The molecule has 0 aliphatic heterocycles. The molecule has 0 aromatic carbocycles. The zero-order chi connectivity index (χ0) is 8.27. The highest BCUT2D eigenvalue weighted by atomic mass is 16.3. The maximum absolute atomic E-state index is 8.84. The smallest absolute Gasteiger partial charge is 0.207 e. The van der Waals surface area contributed by atoms with E-state index in [4.69, 9.17) is 10.2 Å². The monoisotopic (exact) mass is 154 g/mol. The van der Waals surface area contributed by atoms with E-state index in [1.54, 1.807) is 4.57 Å². The number of aliphatic hydroxyl groups is 2. The number of aromatic nitrogens is 1. The van der Waals surface area contributed by atoms with Crippen molar-refractivity contribution in [1.29, 1.82) is 0 Å².